The van der Waals surface area contributed by atoms with Crippen molar-refractivity contribution in [2.24, 2.45) is 0 Å². The second kappa shape index (κ2) is 4.90. The average molecular weight is 283 g/mol. The molecule has 0 bridgehead atoms. The summed E-state index contributed by atoms with van der Waals surface area (Å²) in [6.07, 6.45) is 1.17. The van der Waals surface area contributed by atoms with Crippen LogP contribution in [0.1, 0.15) is 5.56 Å². The maximum Gasteiger partial charge on any atom is 0.305 e. The monoisotopic (exact) mass is 283 g/mol. The van der Waals surface area contributed by atoms with E-state index in [1.54, 1.807) is 12.1 Å². The lowest BCUT2D eigenvalue weighted by molar-refractivity contribution is -0.117. The predicted molar refractivity (Wildman–Crippen MR) is 69.5 cm³/mol. The third-order valence-corrected chi connectivity index (χ3v) is 3.30. The lowest BCUT2D eigenvalue weighted by Crippen LogP contribution is -2.53. The molecule has 1 aromatic carbocycles. The molecule has 7 nitrogen and oxygen atoms in total. The summed E-state index contributed by atoms with van der Waals surface area (Å²) in [5.41, 5.74) is 0.204. The van der Waals surface area contributed by atoms with Gasteiger partial charge >= 0.3 is 10.1 Å². The number of amides is 1. The number of rotatable bonds is 3. The van der Waals surface area contributed by atoms with Gasteiger partial charge in [-0.05, 0) is 19.1 Å². The van der Waals surface area contributed by atoms with Crippen LogP contribution in [0.3, 0.4) is 0 Å². The van der Waals surface area contributed by atoms with Gasteiger partial charge < -0.3 is 16.0 Å². The van der Waals surface area contributed by atoms with E-state index in [2.05, 4.69) is 16.0 Å². The minimum Gasteiger partial charge on any atom is -0.342 e. The molecule has 102 valence electrons. The average Bonchev–Trinajstić information content (AvgIpc) is 2.30. The Morgan fingerprint density at radius 1 is 1.21 bits per heavy atom. The maximum atomic E-state index is 11.3. The van der Waals surface area contributed by atoms with E-state index in [1.165, 1.54) is 6.08 Å². The summed E-state index contributed by atoms with van der Waals surface area (Å²) in [6, 6.07) is 7.30. The molecule has 0 aromatic heterocycles. The quantitative estimate of drug-likeness (QED) is 0.588. The normalized spacial score (nSPS) is 19.2. The van der Waals surface area contributed by atoms with Gasteiger partial charge in [-0.2, -0.15) is 8.42 Å². The third kappa shape index (κ3) is 3.46. The first kappa shape index (κ1) is 13.4. The molecule has 8 heteroatoms. The largest absolute Gasteiger partial charge is 0.342 e. The molecule has 0 aliphatic carbocycles. The van der Waals surface area contributed by atoms with Crippen LogP contribution in [0, 0.1) is 6.92 Å². The van der Waals surface area contributed by atoms with Gasteiger partial charge in [0.05, 0.1) is 0 Å². The molecule has 1 amide bonds. The topological polar surface area (TPSA) is 108 Å². The summed E-state index contributed by atoms with van der Waals surface area (Å²) in [5.74, 6) is -0.425. The highest BCUT2D eigenvalue weighted by molar-refractivity contribution is 7.86. The van der Waals surface area contributed by atoms with Gasteiger partial charge in [-0.25, -0.2) is 0 Å². The van der Waals surface area contributed by atoms with Crippen LogP contribution in [0.2, 0.25) is 0 Å². The van der Waals surface area contributed by atoms with Gasteiger partial charge in [0.15, 0.2) is 0 Å². The molecule has 19 heavy (non-hydrogen) atoms. The van der Waals surface area contributed by atoms with Crippen molar-refractivity contribution in [1.29, 1.82) is 0 Å². The SMILES string of the molecule is Cc1ccc(NC2=CC(=O)NC(S(=O)(=O)O)N2)cc1. The number of carbonyl (C=O) groups excluding carboxylic acids is 1. The number of anilines is 1. The highest BCUT2D eigenvalue weighted by atomic mass is 32.2. The number of hydrogen-bond acceptors (Lipinski definition) is 5. The maximum absolute atomic E-state index is 11.3. The molecular weight excluding hydrogens is 270 g/mol. The molecule has 0 spiro atoms. The molecule has 1 aliphatic heterocycles. The van der Waals surface area contributed by atoms with Crippen molar-refractivity contribution < 1.29 is 17.8 Å². The Morgan fingerprint density at radius 2 is 1.84 bits per heavy atom. The Hall–Kier alpha value is -2.06. The Morgan fingerprint density at radius 3 is 2.42 bits per heavy atom. The molecule has 2 rings (SSSR count). The Bertz CT molecular complexity index is 622. The first-order chi connectivity index (χ1) is 8.84. The Balaban J connectivity index is 2.16. The molecule has 1 atom stereocenters. The van der Waals surface area contributed by atoms with E-state index in [4.69, 9.17) is 4.55 Å². The van der Waals surface area contributed by atoms with Gasteiger partial charge in [-0.1, -0.05) is 17.7 Å². The zero-order valence-electron chi connectivity index (χ0n) is 10.0. The molecule has 1 unspecified atom stereocenters. The number of carbonyl (C=O) groups is 1. The first-order valence-electron chi connectivity index (χ1n) is 5.43. The van der Waals surface area contributed by atoms with Crippen LogP contribution in [0.4, 0.5) is 5.69 Å². The zero-order chi connectivity index (χ0) is 14.0. The second-order valence-corrected chi connectivity index (χ2v) is 5.60. The van der Waals surface area contributed by atoms with Gasteiger partial charge in [0.1, 0.15) is 5.82 Å². The fourth-order valence-corrected chi connectivity index (χ4v) is 2.08. The number of benzene rings is 1. The molecule has 1 heterocycles. The standard InChI is InChI=1S/C11H13N3O4S/c1-7-2-4-8(5-3-7)12-9-6-10(15)14-11(13-9)19(16,17)18/h2-6,11-13H,1H3,(H,14,15)(H,16,17,18). The summed E-state index contributed by atoms with van der Waals surface area (Å²) in [4.78, 5) is 11.3. The summed E-state index contributed by atoms with van der Waals surface area (Å²) in [5, 5.41) is 7.40. The first-order valence-corrected chi connectivity index (χ1v) is 6.94. The van der Waals surface area contributed by atoms with Crippen LogP contribution in [0.5, 0.6) is 0 Å². The van der Waals surface area contributed by atoms with Crippen LogP contribution in [0.25, 0.3) is 0 Å². The van der Waals surface area contributed by atoms with Crippen LogP contribution in [0.15, 0.2) is 36.2 Å². The zero-order valence-corrected chi connectivity index (χ0v) is 10.9. The smallest absolute Gasteiger partial charge is 0.305 e. The van der Waals surface area contributed by atoms with Gasteiger partial charge in [0.2, 0.25) is 11.4 Å². The van der Waals surface area contributed by atoms with Crippen molar-refractivity contribution >= 4 is 21.7 Å². The lowest BCUT2D eigenvalue weighted by Gasteiger charge is -2.24. The van der Waals surface area contributed by atoms with Crippen molar-refractivity contribution in [2.45, 2.75) is 12.4 Å². The molecule has 0 fully saturated rings. The van der Waals surface area contributed by atoms with E-state index in [0.29, 0.717) is 5.69 Å². The van der Waals surface area contributed by atoms with Crippen molar-refractivity contribution in [1.82, 2.24) is 10.6 Å². The fourth-order valence-electron chi connectivity index (χ4n) is 1.53. The molecule has 1 aromatic rings. The van der Waals surface area contributed by atoms with E-state index < -0.39 is 21.5 Å². The van der Waals surface area contributed by atoms with E-state index >= 15 is 0 Å². The van der Waals surface area contributed by atoms with Crippen LogP contribution >= 0.6 is 0 Å². The summed E-state index contributed by atoms with van der Waals surface area (Å²) in [7, 11) is -4.41. The molecule has 0 saturated carbocycles. The molecular formula is C11H13N3O4S. The second-order valence-electron chi connectivity index (χ2n) is 4.10. The Kier molecular flexibility index (Phi) is 3.45. The van der Waals surface area contributed by atoms with E-state index in [1.807, 2.05) is 19.1 Å². The molecule has 4 N–H and O–H groups in total. The van der Waals surface area contributed by atoms with Crippen LogP contribution < -0.4 is 16.0 Å². The van der Waals surface area contributed by atoms with Crippen molar-refractivity contribution in [3.63, 3.8) is 0 Å². The van der Waals surface area contributed by atoms with Crippen molar-refractivity contribution in [3.05, 3.63) is 41.7 Å². The highest BCUT2D eigenvalue weighted by Crippen LogP contribution is 2.12. The van der Waals surface area contributed by atoms with Gasteiger partial charge in [0.25, 0.3) is 0 Å². The minimum absolute atomic E-state index is 0.190. The Labute approximate surface area is 110 Å². The van der Waals surface area contributed by atoms with Crippen molar-refractivity contribution in [2.75, 3.05) is 5.32 Å². The van der Waals surface area contributed by atoms with Crippen LogP contribution in [-0.2, 0) is 14.9 Å². The fraction of sp³-hybridized carbons (Fsp3) is 0.182. The highest BCUT2D eigenvalue weighted by Gasteiger charge is 2.28. The lowest BCUT2D eigenvalue weighted by atomic mass is 10.2. The predicted octanol–water partition coefficient (Wildman–Crippen LogP) is 0.139. The number of hydrogen-bond donors (Lipinski definition) is 4. The molecule has 1 aliphatic rings. The number of nitrogens with one attached hydrogen (secondary N) is 3. The summed E-state index contributed by atoms with van der Waals surface area (Å²) >= 11 is 0. The van der Waals surface area contributed by atoms with Gasteiger partial charge in [-0.3, -0.25) is 9.35 Å². The summed E-state index contributed by atoms with van der Waals surface area (Å²) < 4.78 is 30.9. The van der Waals surface area contributed by atoms with E-state index in [9.17, 15) is 13.2 Å². The minimum atomic E-state index is -4.41. The van der Waals surface area contributed by atoms with Gasteiger partial charge in [0, 0.05) is 11.8 Å². The molecule has 0 saturated heterocycles. The number of aryl methyl sites for hydroxylation is 1. The molecule has 0 radical (unpaired) electrons. The van der Waals surface area contributed by atoms with Crippen LogP contribution in [-0.4, -0.2) is 24.4 Å². The third-order valence-electron chi connectivity index (χ3n) is 2.46. The van der Waals surface area contributed by atoms with E-state index in [0.717, 1.165) is 5.56 Å². The summed E-state index contributed by atoms with van der Waals surface area (Å²) in [6.45, 7) is 1.93. The van der Waals surface area contributed by atoms with Gasteiger partial charge in [-0.15, -0.1) is 0 Å². The van der Waals surface area contributed by atoms with E-state index in [-0.39, 0.29) is 5.82 Å². The van der Waals surface area contributed by atoms with Crippen molar-refractivity contribution in [3.8, 4) is 0 Å².